The molecule has 3 aromatic rings. The van der Waals surface area contributed by atoms with Crippen LogP contribution in [-0.2, 0) is 9.53 Å². The van der Waals surface area contributed by atoms with Crippen LogP contribution in [0.25, 0.3) is 22.0 Å². The normalized spacial score (nSPS) is 14.1. The summed E-state index contributed by atoms with van der Waals surface area (Å²) in [6, 6.07) is 13.2. The van der Waals surface area contributed by atoms with Crippen LogP contribution in [0.2, 0.25) is 5.02 Å². The number of carbonyl (C=O) groups excluding carboxylic acids is 1. The van der Waals surface area contributed by atoms with Crippen LogP contribution >= 0.6 is 24.0 Å². The molecule has 33 heavy (non-hydrogen) atoms. The molecule has 2 aromatic carbocycles. The minimum absolute atomic E-state index is 0. The van der Waals surface area contributed by atoms with Crippen LogP contribution in [0.3, 0.4) is 0 Å². The second-order valence-electron chi connectivity index (χ2n) is 7.99. The summed E-state index contributed by atoms with van der Waals surface area (Å²) < 4.78 is 5.36. The number of halogens is 2. The molecule has 1 aliphatic heterocycles. The molecule has 1 fully saturated rings. The van der Waals surface area contributed by atoms with Crippen molar-refractivity contribution in [3.8, 4) is 11.3 Å². The molecule has 0 spiro atoms. The topological polar surface area (TPSA) is 96.1 Å². The van der Waals surface area contributed by atoms with E-state index < -0.39 is 0 Å². The molecule has 0 bridgehead atoms. The van der Waals surface area contributed by atoms with Gasteiger partial charge in [0.25, 0.3) is 5.56 Å². The summed E-state index contributed by atoms with van der Waals surface area (Å²) in [7, 11) is 0. The number of rotatable bonds is 8. The van der Waals surface area contributed by atoms with E-state index in [0.717, 1.165) is 56.4 Å². The highest BCUT2D eigenvalue weighted by molar-refractivity contribution is 6.33. The van der Waals surface area contributed by atoms with Crippen LogP contribution in [0, 0.1) is 0 Å². The highest BCUT2D eigenvalue weighted by atomic mass is 35.5. The fourth-order valence-electron chi connectivity index (χ4n) is 3.93. The summed E-state index contributed by atoms with van der Waals surface area (Å²) in [4.78, 5) is 24.5. The largest absolute Gasteiger partial charge is 0.381 e. The van der Waals surface area contributed by atoms with Crippen molar-refractivity contribution in [3.05, 3.63) is 57.8 Å². The van der Waals surface area contributed by atoms with Gasteiger partial charge in [-0.3, -0.25) is 9.59 Å². The number of anilines is 1. The second kappa shape index (κ2) is 12.1. The summed E-state index contributed by atoms with van der Waals surface area (Å²) in [6.45, 7) is 2.55. The number of aromatic nitrogens is 2. The summed E-state index contributed by atoms with van der Waals surface area (Å²) in [5.41, 5.74) is 1.69. The van der Waals surface area contributed by atoms with E-state index >= 15 is 0 Å². The van der Waals surface area contributed by atoms with Crippen molar-refractivity contribution in [3.63, 3.8) is 0 Å². The SMILES string of the molecule is Cl.O=C(CCCCNC1CCOCC1)Nc1cc(-c2n[nH]c(=O)c3ccccc23)ccc1Cl. The van der Waals surface area contributed by atoms with Gasteiger partial charge in [0, 0.05) is 36.6 Å². The first-order valence-electron chi connectivity index (χ1n) is 11.0. The molecule has 176 valence electrons. The van der Waals surface area contributed by atoms with E-state index in [1.807, 2.05) is 24.3 Å². The Morgan fingerprint density at radius 2 is 1.88 bits per heavy atom. The Balaban J connectivity index is 0.00000306. The number of ether oxygens (including phenoxy) is 1. The van der Waals surface area contributed by atoms with Gasteiger partial charge in [0.05, 0.1) is 21.8 Å². The smallest absolute Gasteiger partial charge is 0.272 e. The molecule has 4 rings (SSSR count). The number of nitrogens with one attached hydrogen (secondary N) is 3. The lowest BCUT2D eigenvalue weighted by atomic mass is 10.0. The van der Waals surface area contributed by atoms with Crippen LogP contribution < -0.4 is 16.2 Å². The Bertz CT molecular complexity index is 1150. The van der Waals surface area contributed by atoms with Crippen molar-refractivity contribution in [1.82, 2.24) is 15.5 Å². The molecular weight excluding hydrogens is 463 g/mol. The number of carbonyl (C=O) groups is 1. The van der Waals surface area contributed by atoms with Gasteiger partial charge in [0.15, 0.2) is 0 Å². The van der Waals surface area contributed by atoms with E-state index in [1.54, 1.807) is 18.2 Å². The third-order valence-corrected chi connectivity index (χ3v) is 6.02. The monoisotopic (exact) mass is 490 g/mol. The maximum absolute atomic E-state index is 12.5. The van der Waals surface area contributed by atoms with Gasteiger partial charge in [-0.1, -0.05) is 35.9 Å². The van der Waals surface area contributed by atoms with Crippen molar-refractivity contribution >= 4 is 46.4 Å². The first-order chi connectivity index (χ1) is 15.6. The number of hydrogen-bond acceptors (Lipinski definition) is 5. The third-order valence-electron chi connectivity index (χ3n) is 5.69. The van der Waals surface area contributed by atoms with E-state index in [4.69, 9.17) is 16.3 Å². The highest BCUT2D eigenvalue weighted by Crippen LogP contribution is 2.30. The molecule has 0 aliphatic carbocycles. The molecule has 0 atom stereocenters. The second-order valence-corrected chi connectivity index (χ2v) is 8.39. The molecule has 1 saturated heterocycles. The number of H-pyrrole nitrogens is 1. The summed E-state index contributed by atoms with van der Waals surface area (Å²) >= 11 is 6.33. The minimum Gasteiger partial charge on any atom is -0.381 e. The lowest BCUT2D eigenvalue weighted by Crippen LogP contribution is -2.35. The van der Waals surface area contributed by atoms with Crippen LogP contribution in [0.5, 0.6) is 0 Å². The molecule has 0 unspecified atom stereocenters. The predicted molar refractivity (Wildman–Crippen MR) is 134 cm³/mol. The lowest BCUT2D eigenvalue weighted by molar-refractivity contribution is -0.116. The Morgan fingerprint density at radius 1 is 1.12 bits per heavy atom. The van der Waals surface area contributed by atoms with Crippen molar-refractivity contribution < 1.29 is 9.53 Å². The van der Waals surface area contributed by atoms with E-state index in [1.165, 1.54) is 0 Å². The van der Waals surface area contributed by atoms with E-state index in [2.05, 4.69) is 20.8 Å². The van der Waals surface area contributed by atoms with Gasteiger partial charge in [-0.15, -0.1) is 12.4 Å². The van der Waals surface area contributed by atoms with Crippen LogP contribution in [0.4, 0.5) is 5.69 Å². The predicted octanol–water partition coefficient (Wildman–Crippen LogP) is 4.54. The van der Waals surface area contributed by atoms with E-state index in [0.29, 0.717) is 34.3 Å². The quantitative estimate of drug-likeness (QED) is 0.402. The maximum atomic E-state index is 12.5. The zero-order valence-electron chi connectivity index (χ0n) is 18.2. The van der Waals surface area contributed by atoms with Crippen LogP contribution in [0.15, 0.2) is 47.3 Å². The Morgan fingerprint density at radius 3 is 2.67 bits per heavy atom. The molecule has 1 aliphatic rings. The van der Waals surface area contributed by atoms with Crippen molar-refractivity contribution in [2.75, 3.05) is 25.1 Å². The maximum Gasteiger partial charge on any atom is 0.272 e. The van der Waals surface area contributed by atoms with Gasteiger partial charge in [-0.25, -0.2) is 5.10 Å². The first-order valence-corrected chi connectivity index (χ1v) is 11.4. The van der Waals surface area contributed by atoms with Gasteiger partial charge in [-0.2, -0.15) is 5.10 Å². The average Bonchev–Trinajstić information content (AvgIpc) is 2.81. The van der Waals surface area contributed by atoms with Gasteiger partial charge in [0.1, 0.15) is 0 Å². The standard InChI is InChI=1S/C24H27ClN4O3.ClH/c25-20-9-8-16(23-18-5-1-2-6-19(18)24(31)29-28-23)15-21(20)27-22(30)7-3-4-12-26-17-10-13-32-14-11-17;/h1-2,5-6,8-9,15,17,26H,3-4,7,10-14H2,(H,27,30)(H,29,31);1H. The van der Waals surface area contributed by atoms with Gasteiger partial charge in [-0.05, 0) is 50.4 Å². The molecule has 9 heteroatoms. The molecule has 0 radical (unpaired) electrons. The molecule has 0 saturated carbocycles. The lowest BCUT2D eigenvalue weighted by Gasteiger charge is -2.23. The van der Waals surface area contributed by atoms with Gasteiger partial charge < -0.3 is 15.4 Å². The minimum atomic E-state index is -0.238. The number of unbranched alkanes of at least 4 members (excludes halogenated alkanes) is 1. The average molecular weight is 491 g/mol. The fraction of sp³-hybridized carbons (Fsp3) is 0.375. The third kappa shape index (κ3) is 6.54. The summed E-state index contributed by atoms with van der Waals surface area (Å²) in [5.74, 6) is -0.0746. The van der Waals surface area contributed by atoms with Crippen molar-refractivity contribution in [1.29, 1.82) is 0 Å². The Hall–Kier alpha value is -2.45. The molecule has 3 N–H and O–H groups in total. The van der Waals surface area contributed by atoms with Gasteiger partial charge in [0.2, 0.25) is 5.91 Å². The zero-order valence-corrected chi connectivity index (χ0v) is 19.8. The summed E-state index contributed by atoms with van der Waals surface area (Å²) in [5, 5.41) is 15.0. The molecule has 7 nitrogen and oxygen atoms in total. The van der Waals surface area contributed by atoms with Crippen LogP contribution in [-0.4, -0.2) is 41.9 Å². The number of benzene rings is 2. The number of amides is 1. The highest BCUT2D eigenvalue weighted by Gasteiger charge is 2.14. The van der Waals surface area contributed by atoms with E-state index in [-0.39, 0.29) is 23.9 Å². The number of hydrogen-bond donors (Lipinski definition) is 3. The number of fused-ring (bicyclic) bond motifs is 1. The van der Waals surface area contributed by atoms with Crippen LogP contribution in [0.1, 0.15) is 32.1 Å². The van der Waals surface area contributed by atoms with E-state index in [9.17, 15) is 9.59 Å². The molecule has 2 heterocycles. The van der Waals surface area contributed by atoms with Crippen molar-refractivity contribution in [2.45, 2.75) is 38.1 Å². The molecular formula is C24H28Cl2N4O3. The fourth-order valence-corrected chi connectivity index (χ4v) is 4.10. The molecule has 1 amide bonds. The zero-order chi connectivity index (χ0) is 22.3. The van der Waals surface area contributed by atoms with Gasteiger partial charge >= 0.3 is 0 Å². The Kier molecular flexibility index (Phi) is 9.26. The van der Waals surface area contributed by atoms with Crippen molar-refractivity contribution in [2.24, 2.45) is 0 Å². The number of aromatic amines is 1. The Labute approximate surface area is 203 Å². The number of nitrogens with zero attached hydrogens (tertiary/aromatic N) is 1. The summed E-state index contributed by atoms with van der Waals surface area (Å²) in [6.07, 6.45) is 4.26. The molecule has 1 aromatic heterocycles. The first kappa shape index (κ1) is 25.2.